The second-order valence-electron chi connectivity index (χ2n) is 7.31. The van der Waals surface area contributed by atoms with Gasteiger partial charge in [-0.15, -0.1) is 11.3 Å². The van der Waals surface area contributed by atoms with Gasteiger partial charge in [0, 0.05) is 17.9 Å². The molecular formula is C25H17BrN2O3S. The molecular weight excluding hydrogens is 488 g/mol. The molecule has 0 fully saturated rings. The van der Waals surface area contributed by atoms with E-state index in [0.717, 1.165) is 16.5 Å². The van der Waals surface area contributed by atoms with Crippen LogP contribution in [0.15, 0.2) is 82.1 Å². The van der Waals surface area contributed by atoms with Gasteiger partial charge in [0.25, 0.3) is 5.56 Å². The summed E-state index contributed by atoms with van der Waals surface area (Å²) in [6.07, 6.45) is 0. The average molecular weight is 505 g/mol. The fraction of sp³-hybridized carbons (Fsp3) is 0.0800. The predicted octanol–water partition coefficient (Wildman–Crippen LogP) is 6.01. The first-order valence-electron chi connectivity index (χ1n) is 9.96. The molecule has 0 bridgehead atoms. The van der Waals surface area contributed by atoms with Gasteiger partial charge in [0.15, 0.2) is 5.75 Å². The number of aromatic nitrogens is 2. The Bertz CT molecular complexity index is 1530. The first-order valence-corrected chi connectivity index (χ1v) is 11.6. The normalized spacial score (nSPS) is 11.2. The Morgan fingerprint density at radius 3 is 2.41 bits per heavy atom. The molecule has 0 spiro atoms. The molecule has 2 aromatic heterocycles. The number of hydrogen-bond acceptors (Lipinski definition) is 5. The molecule has 0 saturated heterocycles. The van der Waals surface area contributed by atoms with E-state index < -0.39 is 5.97 Å². The number of halogens is 1. The molecule has 0 atom stereocenters. The highest BCUT2D eigenvalue weighted by atomic mass is 79.9. The number of fused-ring (bicyclic) bond motifs is 3. The monoisotopic (exact) mass is 504 g/mol. The van der Waals surface area contributed by atoms with E-state index in [1.165, 1.54) is 18.3 Å². The summed E-state index contributed by atoms with van der Waals surface area (Å²) in [7, 11) is 0. The molecule has 0 amide bonds. The van der Waals surface area contributed by atoms with Crippen LogP contribution in [0, 0.1) is 0 Å². The van der Waals surface area contributed by atoms with Gasteiger partial charge in [-0.25, -0.2) is 4.98 Å². The van der Waals surface area contributed by atoms with E-state index in [1.807, 2.05) is 66.7 Å². The lowest BCUT2D eigenvalue weighted by atomic mass is 10.1. The largest absolute Gasteiger partial charge is 0.424 e. The Kier molecular flexibility index (Phi) is 5.36. The van der Waals surface area contributed by atoms with Crippen LogP contribution >= 0.6 is 27.3 Å². The van der Waals surface area contributed by atoms with Crippen molar-refractivity contribution in [2.75, 3.05) is 0 Å². The van der Waals surface area contributed by atoms with E-state index in [1.54, 1.807) is 10.6 Å². The van der Waals surface area contributed by atoms with E-state index in [2.05, 4.69) is 15.9 Å². The molecule has 0 unspecified atom stereocenters. The summed E-state index contributed by atoms with van der Waals surface area (Å²) in [4.78, 5) is 31.0. The lowest BCUT2D eigenvalue weighted by Crippen LogP contribution is -2.23. The topological polar surface area (TPSA) is 61.2 Å². The molecule has 0 saturated carbocycles. The summed E-state index contributed by atoms with van der Waals surface area (Å²) in [5.74, 6) is 0.593. The van der Waals surface area contributed by atoms with Crippen LogP contribution in [0.5, 0.6) is 5.75 Å². The number of ether oxygens (including phenoxy) is 1. The van der Waals surface area contributed by atoms with Crippen molar-refractivity contribution < 1.29 is 9.53 Å². The fourth-order valence-electron chi connectivity index (χ4n) is 3.73. The van der Waals surface area contributed by atoms with Crippen LogP contribution in [0.25, 0.3) is 31.7 Å². The van der Waals surface area contributed by atoms with Crippen molar-refractivity contribution in [1.29, 1.82) is 0 Å². The quantitative estimate of drug-likeness (QED) is 0.222. The summed E-state index contributed by atoms with van der Waals surface area (Å²) < 4.78 is 8.54. The molecule has 7 heteroatoms. The molecule has 5 rings (SSSR count). The van der Waals surface area contributed by atoms with Crippen molar-refractivity contribution in [3.8, 4) is 17.1 Å². The lowest BCUT2D eigenvalue weighted by Gasteiger charge is -2.13. The van der Waals surface area contributed by atoms with Crippen LogP contribution in [0.2, 0.25) is 0 Å². The molecule has 158 valence electrons. The number of hydrogen-bond donors (Lipinski definition) is 0. The molecule has 3 aromatic carbocycles. The van der Waals surface area contributed by atoms with Gasteiger partial charge < -0.3 is 4.74 Å². The summed E-state index contributed by atoms with van der Waals surface area (Å²) in [6, 6.07) is 23.2. The van der Waals surface area contributed by atoms with Gasteiger partial charge in [-0.3, -0.25) is 14.2 Å². The van der Waals surface area contributed by atoms with Crippen molar-refractivity contribution in [2.45, 2.75) is 13.5 Å². The first-order chi connectivity index (χ1) is 15.5. The number of thiophene rings is 1. The van der Waals surface area contributed by atoms with Crippen LogP contribution in [0.4, 0.5) is 0 Å². The minimum absolute atomic E-state index is 0.125. The molecule has 5 nitrogen and oxygen atoms in total. The van der Waals surface area contributed by atoms with Gasteiger partial charge in [-0.2, -0.15) is 0 Å². The van der Waals surface area contributed by atoms with E-state index >= 15 is 0 Å². The minimum Gasteiger partial charge on any atom is -0.424 e. The van der Waals surface area contributed by atoms with Gasteiger partial charge >= 0.3 is 5.97 Å². The number of rotatable bonds is 4. The van der Waals surface area contributed by atoms with Gasteiger partial charge in [0.05, 0.1) is 21.1 Å². The third kappa shape index (κ3) is 3.63. The number of benzene rings is 3. The maximum Gasteiger partial charge on any atom is 0.308 e. The Morgan fingerprint density at radius 2 is 1.72 bits per heavy atom. The predicted molar refractivity (Wildman–Crippen MR) is 131 cm³/mol. The highest BCUT2D eigenvalue weighted by Crippen LogP contribution is 2.42. The standard InChI is InChI=1S/C25H17BrN2O3S/c1-15(29)31-21-19(26)13-12-18-20-24(32-22(18)21)27-23(17-10-6-3-7-11-17)28(25(20)30)14-16-8-4-2-5-9-16/h2-13H,14H2,1H3. The number of esters is 1. The van der Waals surface area contributed by atoms with E-state index in [4.69, 9.17) is 9.72 Å². The highest BCUT2D eigenvalue weighted by molar-refractivity contribution is 9.10. The van der Waals surface area contributed by atoms with Crippen molar-refractivity contribution >= 4 is 53.5 Å². The van der Waals surface area contributed by atoms with Gasteiger partial charge in [0.2, 0.25) is 0 Å². The van der Waals surface area contributed by atoms with Crippen molar-refractivity contribution in [2.24, 2.45) is 0 Å². The lowest BCUT2D eigenvalue weighted by molar-refractivity contribution is -0.131. The van der Waals surface area contributed by atoms with Gasteiger partial charge in [0.1, 0.15) is 10.7 Å². The summed E-state index contributed by atoms with van der Waals surface area (Å²) in [5, 5.41) is 1.25. The van der Waals surface area contributed by atoms with E-state index in [0.29, 0.717) is 37.5 Å². The third-order valence-electron chi connectivity index (χ3n) is 5.13. The van der Waals surface area contributed by atoms with Gasteiger partial charge in [-0.1, -0.05) is 66.7 Å². The zero-order valence-electron chi connectivity index (χ0n) is 17.0. The van der Waals surface area contributed by atoms with Crippen molar-refractivity contribution in [3.63, 3.8) is 0 Å². The summed E-state index contributed by atoms with van der Waals surface area (Å²) in [6.45, 7) is 1.76. The summed E-state index contributed by atoms with van der Waals surface area (Å²) in [5.41, 5.74) is 1.75. The Labute approximate surface area is 196 Å². The van der Waals surface area contributed by atoms with Crippen LogP contribution in [-0.2, 0) is 11.3 Å². The second kappa shape index (κ2) is 8.33. The Balaban J connectivity index is 1.84. The van der Waals surface area contributed by atoms with Gasteiger partial charge in [-0.05, 0) is 27.6 Å². The molecule has 0 N–H and O–H groups in total. The first kappa shape index (κ1) is 20.6. The zero-order chi connectivity index (χ0) is 22.2. The molecule has 0 aliphatic heterocycles. The molecule has 2 heterocycles. The van der Waals surface area contributed by atoms with Crippen molar-refractivity contribution in [1.82, 2.24) is 9.55 Å². The van der Waals surface area contributed by atoms with Crippen LogP contribution < -0.4 is 10.3 Å². The maximum atomic E-state index is 13.8. The van der Waals surface area contributed by atoms with E-state index in [9.17, 15) is 9.59 Å². The molecule has 0 radical (unpaired) electrons. The highest BCUT2D eigenvalue weighted by Gasteiger charge is 2.21. The smallest absolute Gasteiger partial charge is 0.308 e. The SMILES string of the molecule is CC(=O)Oc1c(Br)ccc2c1sc1nc(-c3ccccc3)n(Cc3ccccc3)c(=O)c12. The summed E-state index contributed by atoms with van der Waals surface area (Å²) >= 11 is 4.81. The minimum atomic E-state index is -0.421. The fourth-order valence-corrected chi connectivity index (χ4v) is 5.42. The Hall–Kier alpha value is -3.29. The van der Waals surface area contributed by atoms with Crippen LogP contribution in [0.3, 0.4) is 0 Å². The molecule has 32 heavy (non-hydrogen) atoms. The number of carbonyl (C=O) groups excluding carboxylic acids is 1. The number of carbonyl (C=O) groups is 1. The Morgan fingerprint density at radius 1 is 1.03 bits per heavy atom. The van der Waals surface area contributed by atoms with Crippen LogP contribution in [0.1, 0.15) is 12.5 Å². The van der Waals surface area contributed by atoms with Crippen LogP contribution in [-0.4, -0.2) is 15.5 Å². The molecule has 5 aromatic rings. The molecule has 0 aliphatic rings. The zero-order valence-corrected chi connectivity index (χ0v) is 19.4. The second-order valence-corrected chi connectivity index (χ2v) is 9.16. The third-order valence-corrected chi connectivity index (χ3v) is 6.85. The average Bonchev–Trinajstić information content (AvgIpc) is 3.17. The van der Waals surface area contributed by atoms with E-state index in [-0.39, 0.29) is 5.56 Å². The molecule has 0 aliphatic carbocycles. The van der Waals surface area contributed by atoms with Crippen molar-refractivity contribution in [3.05, 3.63) is 93.2 Å². The maximum absolute atomic E-state index is 13.8. The number of nitrogens with zero attached hydrogens (tertiary/aromatic N) is 2.